The maximum Gasteiger partial charge on any atom is 0.330 e. The molecule has 82 valence electrons. The van der Waals surface area contributed by atoms with Crippen LogP contribution in [0.25, 0.3) is 6.08 Å². The Morgan fingerprint density at radius 1 is 1.62 bits per heavy atom. The molecule has 0 fully saturated rings. The second-order valence-corrected chi connectivity index (χ2v) is 3.04. The molecular formula is C12H12N2O2. The van der Waals surface area contributed by atoms with Gasteiger partial charge in [-0.15, -0.1) is 0 Å². The van der Waals surface area contributed by atoms with Crippen molar-refractivity contribution >= 4 is 17.7 Å². The van der Waals surface area contributed by atoms with Gasteiger partial charge in [-0.25, -0.2) is 4.79 Å². The van der Waals surface area contributed by atoms with Gasteiger partial charge < -0.3 is 10.5 Å². The largest absolute Gasteiger partial charge is 0.463 e. The van der Waals surface area contributed by atoms with E-state index in [1.807, 2.05) is 6.07 Å². The summed E-state index contributed by atoms with van der Waals surface area (Å²) in [5, 5.41) is 8.64. The number of hydrogen-bond acceptors (Lipinski definition) is 4. The lowest BCUT2D eigenvalue weighted by Gasteiger charge is -2.00. The summed E-state index contributed by atoms with van der Waals surface area (Å²) in [7, 11) is 0. The number of esters is 1. The SMILES string of the molecule is CCOC(=O)C=Cc1ccc(C#N)cc1N. The zero-order valence-electron chi connectivity index (χ0n) is 8.93. The number of nitriles is 1. The zero-order chi connectivity index (χ0) is 12.0. The predicted molar refractivity (Wildman–Crippen MR) is 61.2 cm³/mol. The third-order valence-corrected chi connectivity index (χ3v) is 1.90. The van der Waals surface area contributed by atoms with Gasteiger partial charge in [-0.2, -0.15) is 5.26 Å². The van der Waals surface area contributed by atoms with E-state index in [1.165, 1.54) is 6.08 Å². The molecule has 0 aliphatic rings. The number of hydrogen-bond donors (Lipinski definition) is 1. The summed E-state index contributed by atoms with van der Waals surface area (Å²) < 4.78 is 4.73. The first-order valence-electron chi connectivity index (χ1n) is 4.82. The number of anilines is 1. The van der Waals surface area contributed by atoms with Gasteiger partial charge in [0.2, 0.25) is 0 Å². The second-order valence-electron chi connectivity index (χ2n) is 3.04. The third-order valence-electron chi connectivity index (χ3n) is 1.90. The Labute approximate surface area is 93.9 Å². The highest BCUT2D eigenvalue weighted by Gasteiger charge is 1.99. The van der Waals surface area contributed by atoms with Gasteiger partial charge >= 0.3 is 5.97 Å². The van der Waals surface area contributed by atoms with Crippen molar-refractivity contribution in [1.29, 1.82) is 5.26 Å². The molecule has 16 heavy (non-hydrogen) atoms. The van der Waals surface area contributed by atoms with E-state index >= 15 is 0 Å². The van der Waals surface area contributed by atoms with Crippen LogP contribution >= 0.6 is 0 Å². The van der Waals surface area contributed by atoms with Gasteiger partial charge in [-0.3, -0.25) is 0 Å². The molecule has 0 atom stereocenters. The third kappa shape index (κ3) is 3.14. The van der Waals surface area contributed by atoms with Crippen LogP contribution in [0.4, 0.5) is 5.69 Å². The Balaban J connectivity index is 2.83. The maximum absolute atomic E-state index is 11.0. The molecule has 0 heterocycles. The first-order chi connectivity index (χ1) is 7.67. The van der Waals surface area contributed by atoms with Crippen molar-refractivity contribution in [2.75, 3.05) is 12.3 Å². The number of carbonyl (C=O) groups excluding carboxylic acids is 1. The van der Waals surface area contributed by atoms with Crippen molar-refractivity contribution < 1.29 is 9.53 Å². The van der Waals surface area contributed by atoms with Crippen LogP contribution in [0.15, 0.2) is 24.3 Å². The zero-order valence-corrected chi connectivity index (χ0v) is 8.93. The van der Waals surface area contributed by atoms with Crippen LogP contribution in [0.2, 0.25) is 0 Å². The van der Waals surface area contributed by atoms with Gasteiger partial charge in [0.05, 0.1) is 18.2 Å². The molecule has 0 radical (unpaired) electrons. The lowest BCUT2D eigenvalue weighted by Crippen LogP contribution is -1.99. The molecular weight excluding hydrogens is 204 g/mol. The van der Waals surface area contributed by atoms with Crippen molar-refractivity contribution in [3.8, 4) is 6.07 Å². The average Bonchev–Trinajstić information content (AvgIpc) is 2.27. The molecule has 0 bridgehead atoms. The molecule has 4 nitrogen and oxygen atoms in total. The molecule has 2 N–H and O–H groups in total. The van der Waals surface area contributed by atoms with E-state index in [0.717, 1.165) is 0 Å². The summed E-state index contributed by atoms with van der Waals surface area (Å²) in [6.45, 7) is 2.08. The molecule has 4 heteroatoms. The van der Waals surface area contributed by atoms with Crippen molar-refractivity contribution in [2.24, 2.45) is 0 Å². The Bertz CT molecular complexity index is 459. The van der Waals surface area contributed by atoms with E-state index in [9.17, 15) is 4.79 Å². The van der Waals surface area contributed by atoms with Gasteiger partial charge in [0.25, 0.3) is 0 Å². The lowest BCUT2D eigenvalue weighted by atomic mass is 10.1. The predicted octanol–water partition coefficient (Wildman–Crippen LogP) is 1.72. The highest BCUT2D eigenvalue weighted by molar-refractivity contribution is 5.88. The van der Waals surface area contributed by atoms with Crippen molar-refractivity contribution in [3.63, 3.8) is 0 Å². The Morgan fingerprint density at radius 2 is 2.38 bits per heavy atom. The molecule has 0 aromatic heterocycles. The van der Waals surface area contributed by atoms with Crippen molar-refractivity contribution in [3.05, 3.63) is 35.4 Å². The first-order valence-corrected chi connectivity index (χ1v) is 4.82. The summed E-state index contributed by atoms with van der Waals surface area (Å²) in [5.41, 5.74) is 7.34. The van der Waals surface area contributed by atoms with E-state index in [1.54, 1.807) is 31.2 Å². The van der Waals surface area contributed by atoms with Crippen LogP contribution in [0, 0.1) is 11.3 Å². The minimum absolute atomic E-state index is 0.339. The lowest BCUT2D eigenvalue weighted by molar-refractivity contribution is -0.137. The monoisotopic (exact) mass is 216 g/mol. The minimum atomic E-state index is -0.411. The molecule has 1 aromatic rings. The van der Waals surface area contributed by atoms with Crippen LogP contribution < -0.4 is 5.73 Å². The second kappa shape index (κ2) is 5.56. The fourth-order valence-electron chi connectivity index (χ4n) is 1.14. The summed E-state index contributed by atoms with van der Waals surface area (Å²) in [5.74, 6) is -0.411. The molecule has 1 aromatic carbocycles. The van der Waals surface area contributed by atoms with Gasteiger partial charge in [-0.05, 0) is 30.7 Å². The van der Waals surface area contributed by atoms with E-state index in [4.69, 9.17) is 15.7 Å². The van der Waals surface area contributed by atoms with Crippen LogP contribution in [-0.2, 0) is 9.53 Å². The smallest absolute Gasteiger partial charge is 0.330 e. The Kier molecular flexibility index (Phi) is 4.10. The Morgan fingerprint density at radius 3 is 2.94 bits per heavy atom. The number of ether oxygens (including phenoxy) is 1. The molecule has 0 saturated carbocycles. The number of nitrogen functional groups attached to an aromatic ring is 1. The van der Waals surface area contributed by atoms with Crippen LogP contribution in [0.5, 0.6) is 0 Å². The minimum Gasteiger partial charge on any atom is -0.463 e. The van der Waals surface area contributed by atoms with Crippen molar-refractivity contribution in [1.82, 2.24) is 0 Å². The van der Waals surface area contributed by atoms with Crippen LogP contribution in [0.3, 0.4) is 0 Å². The topological polar surface area (TPSA) is 76.1 Å². The van der Waals surface area contributed by atoms with Crippen molar-refractivity contribution in [2.45, 2.75) is 6.92 Å². The highest BCUT2D eigenvalue weighted by atomic mass is 16.5. The molecule has 0 saturated heterocycles. The van der Waals surface area contributed by atoms with Gasteiger partial charge in [0.15, 0.2) is 0 Å². The molecule has 0 spiro atoms. The molecule has 0 aliphatic heterocycles. The van der Waals surface area contributed by atoms with Gasteiger partial charge in [0, 0.05) is 11.8 Å². The highest BCUT2D eigenvalue weighted by Crippen LogP contribution is 2.15. The number of benzene rings is 1. The number of nitrogens with zero attached hydrogens (tertiary/aromatic N) is 1. The fourth-order valence-corrected chi connectivity index (χ4v) is 1.14. The quantitative estimate of drug-likeness (QED) is 0.474. The number of nitrogens with two attached hydrogens (primary N) is 1. The first kappa shape index (κ1) is 11.8. The molecule has 0 unspecified atom stereocenters. The normalized spacial score (nSPS) is 10.0. The summed E-state index contributed by atoms with van der Waals surface area (Å²) in [6, 6.07) is 6.87. The van der Waals surface area contributed by atoms with Crippen LogP contribution in [0.1, 0.15) is 18.1 Å². The maximum atomic E-state index is 11.0. The van der Waals surface area contributed by atoms with E-state index in [-0.39, 0.29) is 0 Å². The van der Waals surface area contributed by atoms with E-state index in [0.29, 0.717) is 23.4 Å². The summed E-state index contributed by atoms with van der Waals surface area (Å²) >= 11 is 0. The van der Waals surface area contributed by atoms with Gasteiger partial charge in [0.1, 0.15) is 0 Å². The number of rotatable bonds is 3. The summed E-state index contributed by atoms with van der Waals surface area (Å²) in [4.78, 5) is 11.0. The van der Waals surface area contributed by atoms with Crippen LogP contribution in [-0.4, -0.2) is 12.6 Å². The van der Waals surface area contributed by atoms with E-state index in [2.05, 4.69) is 0 Å². The number of carbonyl (C=O) groups is 1. The standard InChI is InChI=1S/C12H12N2O2/c1-2-16-12(15)6-5-10-4-3-9(8-13)7-11(10)14/h3-7H,2,14H2,1H3. The Hall–Kier alpha value is -2.28. The average molecular weight is 216 g/mol. The summed E-state index contributed by atoms with van der Waals surface area (Å²) in [6.07, 6.45) is 2.87. The fraction of sp³-hybridized carbons (Fsp3) is 0.167. The molecule has 1 rings (SSSR count). The molecule has 0 amide bonds. The van der Waals surface area contributed by atoms with E-state index < -0.39 is 5.97 Å². The van der Waals surface area contributed by atoms with Gasteiger partial charge in [-0.1, -0.05) is 6.07 Å². The molecule has 0 aliphatic carbocycles.